The van der Waals surface area contributed by atoms with E-state index >= 15 is 0 Å². The summed E-state index contributed by atoms with van der Waals surface area (Å²) in [5.41, 5.74) is 2.55. The standard InChI is InChI=1S/C25H35N3O4S2Si/c1-9-10-31-24(30)21-22(34-25-26-18(13-33-25)17-11-14(2)27(5)12-17)15(3)20-19(23(29)28(20)21)16(4)32-35(6,7)8/h9,11,13-16,19-20H,1,10,12H2,2-8H3/t14-,15+,16+,19+,20+/m0/s1. The number of aromatic nitrogens is 1. The minimum Gasteiger partial charge on any atom is -0.457 e. The van der Waals surface area contributed by atoms with Gasteiger partial charge in [-0.2, -0.15) is 0 Å². The molecule has 0 unspecified atom stereocenters. The topological polar surface area (TPSA) is 72.0 Å². The Hall–Kier alpha value is -1.72. The molecule has 0 radical (unpaired) electrons. The lowest BCUT2D eigenvalue weighted by Gasteiger charge is -2.48. The van der Waals surface area contributed by atoms with Crippen molar-refractivity contribution in [3.63, 3.8) is 0 Å². The lowest BCUT2D eigenvalue weighted by atomic mass is 9.79. The molecule has 0 saturated carbocycles. The number of nitrogens with zero attached hydrogens (tertiary/aromatic N) is 3. The summed E-state index contributed by atoms with van der Waals surface area (Å²) in [6.07, 6.45) is 3.58. The number of rotatable bonds is 9. The second-order valence-corrected chi connectivity index (χ2v) is 17.1. The maximum absolute atomic E-state index is 13.3. The molecule has 4 rings (SSSR count). The largest absolute Gasteiger partial charge is 0.457 e. The van der Waals surface area contributed by atoms with Crippen molar-refractivity contribution in [1.82, 2.24) is 14.8 Å². The summed E-state index contributed by atoms with van der Waals surface area (Å²) >= 11 is 3.05. The van der Waals surface area contributed by atoms with Gasteiger partial charge in [-0.15, -0.1) is 11.3 Å². The van der Waals surface area contributed by atoms with E-state index in [9.17, 15) is 9.59 Å². The summed E-state index contributed by atoms with van der Waals surface area (Å²) in [6.45, 7) is 17.2. The molecule has 1 fully saturated rings. The zero-order valence-corrected chi connectivity index (χ0v) is 24.2. The first-order valence-corrected chi connectivity index (χ1v) is 17.1. The van der Waals surface area contributed by atoms with Gasteiger partial charge in [0.15, 0.2) is 12.7 Å². The van der Waals surface area contributed by atoms with E-state index in [0.29, 0.717) is 11.7 Å². The van der Waals surface area contributed by atoms with Crippen LogP contribution < -0.4 is 0 Å². The summed E-state index contributed by atoms with van der Waals surface area (Å²) in [6, 6.07) is 0.271. The van der Waals surface area contributed by atoms with Crippen LogP contribution in [-0.4, -0.2) is 73.4 Å². The average Bonchev–Trinajstić information content (AvgIpc) is 3.42. The van der Waals surface area contributed by atoms with E-state index in [0.717, 1.165) is 21.5 Å². The minimum atomic E-state index is -1.82. The lowest BCUT2D eigenvalue weighted by Crippen LogP contribution is -2.64. The highest BCUT2D eigenvalue weighted by Crippen LogP contribution is 2.53. The van der Waals surface area contributed by atoms with Gasteiger partial charge < -0.3 is 14.1 Å². The van der Waals surface area contributed by atoms with Gasteiger partial charge in [0.05, 0.1) is 23.8 Å². The number of thiazole rings is 1. The van der Waals surface area contributed by atoms with E-state index in [2.05, 4.69) is 63.5 Å². The quantitative estimate of drug-likeness (QED) is 0.199. The molecule has 10 heteroatoms. The van der Waals surface area contributed by atoms with Crippen LogP contribution >= 0.6 is 23.1 Å². The number of ether oxygens (including phenoxy) is 1. The highest BCUT2D eigenvalue weighted by molar-refractivity contribution is 8.04. The molecule has 3 aliphatic heterocycles. The third-order valence-corrected chi connectivity index (χ3v) is 10.0. The van der Waals surface area contributed by atoms with E-state index < -0.39 is 14.3 Å². The summed E-state index contributed by atoms with van der Waals surface area (Å²) in [5.74, 6) is -0.852. The molecular weight excluding hydrogens is 499 g/mol. The molecule has 190 valence electrons. The number of β-lactam (4-membered cyclic amide) rings is 1. The maximum atomic E-state index is 13.3. The molecule has 0 bridgehead atoms. The fourth-order valence-corrected chi connectivity index (χ4v) is 8.44. The number of likely N-dealkylation sites (N-methyl/N-ethyl adjacent to an activating group) is 1. The summed E-state index contributed by atoms with van der Waals surface area (Å²) in [7, 11) is 0.279. The average molecular weight is 534 g/mol. The third kappa shape index (κ3) is 5.09. The number of carbonyl (C=O) groups is 2. The highest BCUT2D eigenvalue weighted by atomic mass is 32.2. The number of fused-ring (bicyclic) bond motifs is 1. The predicted octanol–water partition coefficient (Wildman–Crippen LogP) is 4.61. The molecule has 1 aromatic rings. The van der Waals surface area contributed by atoms with Crippen molar-refractivity contribution in [1.29, 1.82) is 0 Å². The normalized spacial score (nSPS) is 27.6. The zero-order chi connectivity index (χ0) is 25.7. The van der Waals surface area contributed by atoms with Gasteiger partial charge in [0.2, 0.25) is 5.91 Å². The number of carbonyl (C=O) groups excluding carboxylic acids is 2. The van der Waals surface area contributed by atoms with Crippen molar-refractivity contribution in [2.24, 2.45) is 11.8 Å². The Morgan fingerprint density at radius 1 is 1.40 bits per heavy atom. The molecule has 1 aromatic heterocycles. The maximum Gasteiger partial charge on any atom is 0.356 e. The van der Waals surface area contributed by atoms with Gasteiger partial charge >= 0.3 is 5.97 Å². The van der Waals surface area contributed by atoms with E-state index in [1.165, 1.54) is 23.4 Å². The minimum absolute atomic E-state index is 0.0223. The van der Waals surface area contributed by atoms with Crippen LogP contribution in [0.25, 0.3) is 5.57 Å². The molecule has 1 amide bonds. The van der Waals surface area contributed by atoms with Crippen LogP contribution in [0.2, 0.25) is 19.6 Å². The molecule has 1 saturated heterocycles. The summed E-state index contributed by atoms with van der Waals surface area (Å²) in [5, 5.41) is 2.07. The number of hydrogen-bond acceptors (Lipinski definition) is 8. The van der Waals surface area contributed by atoms with Crippen molar-refractivity contribution >= 4 is 48.9 Å². The summed E-state index contributed by atoms with van der Waals surface area (Å²) in [4.78, 5) is 36.0. The van der Waals surface area contributed by atoms with Crippen LogP contribution in [0.3, 0.4) is 0 Å². The lowest BCUT2D eigenvalue weighted by molar-refractivity contribution is -0.163. The van der Waals surface area contributed by atoms with Crippen molar-refractivity contribution in [3.8, 4) is 0 Å². The van der Waals surface area contributed by atoms with Gasteiger partial charge in [0.1, 0.15) is 12.3 Å². The molecule has 5 atom stereocenters. The van der Waals surface area contributed by atoms with E-state index in [4.69, 9.17) is 14.1 Å². The van der Waals surface area contributed by atoms with E-state index in [1.807, 2.05) is 6.92 Å². The van der Waals surface area contributed by atoms with Crippen molar-refractivity contribution in [2.45, 2.75) is 62.9 Å². The Morgan fingerprint density at radius 2 is 2.11 bits per heavy atom. The fourth-order valence-electron chi connectivity index (χ4n) is 5.06. The van der Waals surface area contributed by atoms with Crippen LogP contribution in [0, 0.1) is 11.8 Å². The van der Waals surface area contributed by atoms with Crippen LogP contribution in [0.1, 0.15) is 26.5 Å². The van der Waals surface area contributed by atoms with E-state index in [1.54, 1.807) is 16.2 Å². The second-order valence-electron chi connectivity index (χ2n) is 10.5. The molecule has 0 spiro atoms. The molecule has 0 aromatic carbocycles. The SMILES string of the molecule is C=CCOC(=O)C1=C(Sc2nc(C3=C[C@H](C)N(C)C3)cs2)[C@H](C)[C@@H]2[C@@H]([C@@H](C)O[Si](C)(C)C)C(=O)N12. The van der Waals surface area contributed by atoms with Crippen molar-refractivity contribution < 1.29 is 18.8 Å². The van der Waals surface area contributed by atoms with Crippen LogP contribution in [-0.2, 0) is 18.8 Å². The van der Waals surface area contributed by atoms with Gasteiger partial charge in [-0.1, -0.05) is 37.4 Å². The Bertz CT molecular complexity index is 1090. The van der Waals surface area contributed by atoms with Gasteiger partial charge in [0.25, 0.3) is 0 Å². The summed E-state index contributed by atoms with van der Waals surface area (Å²) < 4.78 is 12.5. The fraction of sp³-hybridized carbons (Fsp3) is 0.560. The van der Waals surface area contributed by atoms with Gasteiger partial charge in [-0.25, -0.2) is 9.78 Å². The zero-order valence-electron chi connectivity index (χ0n) is 21.5. The number of esters is 1. The molecule has 3 aliphatic rings. The first-order valence-electron chi connectivity index (χ1n) is 12.0. The first kappa shape index (κ1) is 26.3. The number of thioether (sulfide) groups is 1. The smallest absolute Gasteiger partial charge is 0.356 e. The molecule has 0 aliphatic carbocycles. The van der Waals surface area contributed by atoms with Crippen LogP contribution in [0.4, 0.5) is 0 Å². The Kier molecular flexibility index (Phi) is 7.50. The van der Waals surface area contributed by atoms with Gasteiger partial charge in [-0.05, 0) is 46.1 Å². The predicted molar refractivity (Wildman–Crippen MR) is 143 cm³/mol. The molecule has 0 N–H and O–H groups in total. The Labute approximate surface area is 217 Å². The second kappa shape index (κ2) is 9.97. The van der Waals surface area contributed by atoms with Gasteiger partial charge in [-0.3, -0.25) is 9.69 Å². The van der Waals surface area contributed by atoms with E-state index in [-0.39, 0.29) is 36.5 Å². The van der Waals surface area contributed by atoms with Crippen LogP contribution in [0.5, 0.6) is 0 Å². The first-order chi connectivity index (χ1) is 16.4. The monoisotopic (exact) mass is 533 g/mol. The van der Waals surface area contributed by atoms with Crippen molar-refractivity contribution in [3.05, 3.63) is 40.4 Å². The highest BCUT2D eigenvalue weighted by Gasteiger charge is 2.61. The molecule has 7 nitrogen and oxygen atoms in total. The number of hydrogen-bond donors (Lipinski definition) is 0. The number of amides is 1. The molecule has 4 heterocycles. The third-order valence-electron chi connectivity index (χ3n) is 6.73. The Balaban J connectivity index is 1.61. The van der Waals surface area contributed by atoms with Crippen LogP contribution in [0.15, 0.2) is 39.1 Å². The van der Waals surface area contributed by atoms with Crippen molar-refractivity contribution in [2.75, 3.05) is 20.2 Å². The molecule has 35 heavy (non-hydrogen) atoms. The van der Waals surface area contributed by atoms with Gasteiger partial charge in [0, 0.05) is 28.8 Å². The Morgan fingerprint density at radius 3 is 2.71 bits per heavy atom. The molecular formula is C25H35N3O4S2Si.